The molecule has 2 aromatic carbocycles. The summed E-state index contributed by atoms with van der Waals surface area (Å²) in [5, 5.41) is 17.5. The van der Waals surface area contributed by atoms with E-state index in [1.54, 1.807) is 6.07 Å². The van der Waals surface area contributed by atoms with Gasteiger partial charge in [0.1, 0.15) is 17.6 Å². The first-order valence-electron chi connectivity index (χ1n) is 5.62. The average Bonchev–Trinajstić information content (AvgIpc) is 2.41. The third kappa shape index (κ3) is 2.90. The Morgan fingerprint density at radius 3 is 2.52 bits per heavy atom. The Morgan fingerprint density at radius 1 is 1.24 bits per heavy atom. The molecule has 0 saturated carbocycles. The Balaban J connectivity index is 2.40. The summed E-state index contributed by atoms with van der Waals surface area (Å²) in [5.41, 5.74) is 4.60. The highest BCUT2D eigenvalue weighted by molar-refractivity contribution is 5.94. The first-order chi connectivity index (χ1) is 9.92. The average molecular weight is 290 g/mol. The van der Waals surface area contributed by atoms with Crippen molar-refractivity contribution in [3.05, 3.63) is 53.1 Å². The van der Waals surface area contributed by atoms with Gasteiger partial charge >= 0.3 is 5.97 Å². The van der Waals surface area contributed by atoms with Crippen LogP contribution >= 0.6 is 0 Å². The maximum absolute atomic E-state index is 13.7. The first-order valence-corrected chi connectivity index (χ1v) is 5.62. The largest absolute Gasteiger partial charge is 0.478 e. The molecule has 3 N–H and O–H groups in total. The van der Waals surface area contributed by atoms with Gasteiger partial charge in [-0.15, -0.1) is 0 Å². The Hall–Kier alpha value is -3.14. The predicted molar refractivity (Wildman–Crippen MR) is 69.0 cm³/mol. The van der Waals surface area contributed by atoms with Crippen molar-refractivity contribution in [3.8, 4) is 17.6 Å². The number of carbonyl (C=O) groups is 1. The maximum atomic E-state index is 13.7. The van der Waals surface area contributed by atoms with Crippen LogP contribution < -0.4 is 10.5 Å². The van der Waals surface area contributed by atoms with Crippen molar-refractivity contribution in [1.82, 2.24) is 0 Å². The normalized spacial score (nSPS) is 9.95. The van der Waals surface area contributed by atoms with E-state index in [2.05, 4.69) is 0 Å². The molecule has 0 atom stereocenters. The monoisotopic (exact) mass is 290 g/mol. The second-order valence-corrected chi connectivity index (χ2v) is 4.03. The molecule has 0 aliphatic heterocycles. The number of carboxylic acids is 1. The number of halogens is 2. The van der Waals surface area contributed by atoms with E-state index in [0.717, 1.165) is 24.3 Å². The highest BCUT2D eigenvalue weighted by Gasteiger charge is 2.15. The fourth-order valence-corrected chi connectivity index (χ4v) is 1.61. The van der Waals surface area contributed by atoms with Crippen LogP contribution in [0.2, 0.25) is 0 Å². The number of nitrogen functional groups attached to an aromatic ring is 1. The zero-order valence-corrected chi connectivity index (χ0v) is 10.4. The number of hydrogen-bond donors (Lipinski definition) is 2. The van der Waals surface area contributed by atoms with Crippen LogP contribution in [0.4, 0.5) is 14.5 Å². The molecule has 0 aromatic heterocycles. The molecular formula is C14H8F2N2O3. The maximum Gasteiger partial charge on any atom is 0.337 e. The number of benzene rings is 2. The van der Waals surface area contributed by atoms with Gasteiger partial charge in [0, 0.05) is 23.9 Å². The summed E-state index contributed by atoms with van der Waals surface area (Å²) < 4.78 is 32.2. The van der Waals surface area contributed by atoms with Gasteiger partial charge in [-0.3, -0.25) is 0 Å². The lowest BCUT2D eigenvalue weighted by Crippen LogP contribution is -2.04. The van der Waals surface area contributed by atoms with Crippen molar-refractivity contribution in [1.29, 1.82) is 5.26 Å². The number of nitrogens with two attached hydrogens (primary N) is 1. The second kappa shape index (κ2) is 5.46. The number of carboxylic acid groups (broad SMARTS) is 1. The van der Waals surface area contributed by atoms with Crippen molar-refractivity contribution >= 4 is 11.7 Å². The third-order valence-corrected chi connectivity index (χ3v) is 2.62. The number of anilines is 1. The van der Waals surface area contributed by atoms with Crippen LogP contribution in [0, 0.1) is 23.0 Å². The van der Waals surface area contributed by atoms with Crippen LogP contribution in [-0.2, 0) is 0 Å². The first kappa shape index (κ1) is 14.3. The van der Waals surface area contributed by atoms with E-state index < -0.39 is 23.4 Å². The number of nitriles is 1. The number of nitrogens with zero attached hydrogens (tertiary/aromatic N) is 1. The molecule has 0 spiro atoms. The van der Waals surface area contributed by atoms with Gasteiger partial charge in [-0.2, -0.15) is 5.26 Å². The number of ether oxygens (including phenoxy) is 1. The van der Waals surface area contributed by atoms with Crippen LogP contribution in [0.25, 0.3) is 0 Å². The Morgan fingerprint density at radius 2 is 1.95 bits per heavy atom. The van der Waals surface area contributed by atoms with E-state index in [1.807, 2.05) is 0 Å². The summed E-state index contributed by atoms with van der Waals surface area (Å²) in [5.74, 6) is -3.55. The van der Waals surface area contributed by atoms with Crippen LogP contribution in [0.1, 0.15) is 15.9 Å². The third-order valence-electron chi connectivity index (χ3n) is 2.62. The van der Waals surface area contributed by atoms with Crippen molar-refractivity contribution < 1.29 is 23.4 Å². The van der Waals surface area contributed by atoms with E-state index in [0.29, 0.717) is 0 Å². The van der Waals surface area contributed by atoms with Gasteiger partial charge in [0.2, 0.25) is 0 Å². The van der Waals surface area contributed by atoms with Crippen molar-refractivity contribution in [2.45, 2.75) is 0 Å². The molecule has 0 fully saturated rings. The molecule has 106 valence electrons. The van der Waals surface area contributed by atoms with Crippen molar-refractivity contribution in [3.63, 3.8) is 0 Å². The summed E-state index contributed by atoms with van der Waals surface area (Å²) in [4.78, 5) is 10.9. The molecule has 2 rings (SSSR count). The SMILES string of the molecule is N#Cc1ccc(Oc2cc(C(=O)O)c(N)cc2F)cc1F. The molecular weight excluding hydrogens is 282 g/mol. The molecule has 0 amide bonds. The molecule has 0 heterocycles. The summed E-state index contributed by atoms with van der Waals surface area (Å²) >= 11 is 0. The van der Waals surface area contributed by atoms with Gasteiger partial charge in [0.15, 0.2) is 11.6 Å². The predicted octanol–water partition coefficient (Wildman–Crippen LogP) is 2.91. The Labute approximate surface area is 117 Å². The summed E-state index contributed by atoms with van der Waals surface area (Å²) in [6.07, 6.45) is 0. The Bertz CT molecular complexity index is 770. The summed E-state index contributed by atoms with van der Waals surface area (Å²) in [7, 11) is 0. The molecule has 0 aliphatic carbocycles. The fraction of sp³-hybridized carbons (Fsp3) is 0. The minimum atomic E-state index is -1.34. The van der Waals surface area contributed by atoms with Crippen LogP contribution in [0.3, 0.4) is 0 Å². The van der Waals surface area contributed by atoms with Crippen molar-refractivity contribution in [2.24, 2.45) is 0 Å². The highest BCUT2D eigenvalue weighted by Crippen LogP contribution is 2.29. The smallest absolute Gasteiger partial charge is 0.337 e. The topological polar surface area (TPSA) is 96.3 Å². The van der Waals surface area contributed by atoms with Crippen LogP contribution in [0.5, 0.6) is 11.5 Å². The van der Waals surface area contributed by atoms with Crippen LogP contribution in [0.15, 0.2) is 30.3 Å². The molecule has 0 saturated heterocycles. The zero-order chi connectivity index (χ0) is 15.6. The van der Waals surface area contributed by atoms with Crippen molar-refractivity contribution in [2.75, 3.05) is 5.73 Å². The van der Waals surface area contributed by atoms with E-state index in [9.17, 15) is 13.6 Å². The molecule has 0 unspecified atom stereocenters. The minimum absolute atomic E-state index is 0.0773. The van der Waals surface area contributed by atoms with Gasteiger partial charge in [0.05, 0.1) is 11.1 Å². The lowest BCUT2D eigenvalue weighted by atomic mass is 10.1. The zero-order valence-electron chi connectivity index (χ0n) is 10.4. The molecule has 5 nitrogen and oxygen atoms in total. The molecule has 0 aliphatic rings. The van der Waals surface area contributed by atoms with Gasteiger partial charge < -0.3 is 15.6 Å². The lowest BCUT2D eigenvalue weighted by molar-refractivity contribution is 0.0697. The molecule has 7 heteroatoms. The summed E-state index contributed by atoms with van der Waals surface area (Å²) in [6.45, 7) is 0. The van der Waals surface area contributed by atoms with E-state index >= 15 is 0 Å². The van der Waals surface area contributed by atoms with Gasteiger partial charge in [-0.05, 0) is 12.1 Å². The quantitative estimate of drug-likeness (QED) is 0.847. The van der Waals surface area contributed by atoms with Gasteiger partial charge in [-0.25, -0.2) is 13.6 Å². The van der Waals surface area contributed by atoms with E-state index in [-0.39, 0.29) is 22.6 Å². The Kier molecular flexibility index (Phi) is 3.71. The van der Waals surface area contributed by atoms with Gasteiger partial charge in [0.25, 0.3) is 0 Å². The van der Waals surface area contributed by atoms with E-state index in [4.69, 9.17) is 20.8 Å². The van der Waals surface area contributed by atoms with E-state index in [1.165, 1.54) is 6.07 Å². The number of aromatic carboxylic acids is 1. The molecule has 2 aromatic rings. The number of hydrogen-bond acceptors (Lipinski definition) is 4. The fourth-order valence-electron chi connectivity index (χ4n) is 1.61. The molecule has 21 heavy (non-hydrogen) atoms. The minimum Gasteiger partial charge on any atom is -0.478 e. The molecule has 0 radical (unpaired) electrons. The second-order valence-electron chi connectivity index (χ2n) is 4.03. The highest BCUT2D eigenvalue weighted by atomic mass is 19.1. The standard InChI is InChI=1S/C14H8F2N2O3/c15-10-3-8(2-1-7(10)6-17)21-13-4-9(14(19)20)12(18)5-11(13)16/h1-5H,18H2,(H,19,20). The number of rotatable bonds is 3. The van der Waals surface area contributed by atoms with Crippen LogP contribution in [-0.4, -0.2) is 11.1 Å². The van der Waals surface area contributed by atoms with Gasteiger partial charge in [-0.1, -0.05) is 0 Å². The lowest BCUT2D eigenvalue weighted by Gasteiger charge is -2.09. The molecule has 0 bridgehead atoms. The summed E-state index contributed by atoms with van der Waals surface area (Å²) in [6, 6.07) is 6.66.